The van der Waals surface area contributed by atoms with Crippen LogP contribution in [0.25, 0.3) is 0 Å². The smallest absolute Gasteiger partial charge is 0.339 e. The highest BCUT2D eigenvalue weighted by Crippen LogP contribution is 2.21. The number of amides is 3. The van der Waals surface area contributed by atoms with Crippen LogP contribution in [0.3, 0.4) is 0 Å². The molecule has 10 heteroatoms. The predicted molar refractivity (Wildman–Crippen MR) is 126 cm³/mol. The molecule has 180 valence electrons. The summed E-state index contributed by atoms with van der Waals surface area (Å²) in [6, 6.07) is 11.9. The maximum Gasteiger partial charge on any atom is 0.339 e. The van der Waals surface area contributed by atoms with Crippen LogP contribution in [0.15, 0.2) is 53.4 Å². The van der Waals surface area contributed by atoms with Crippen LogP contribution in [0.2, 0.25) is 0 Å². The number of nitrogens with zero attached hydrogens (tertiary/aromatic N) is 1. The van der Waals surface area contributed by atoms with Crippen LogP contribution in [0.5, 0.6) is 5.75 Å². The molecule has 33 heavy (non-hydrogen) atoms. The number of hydrogen-bond acceptors (Lipinski definition) is 6. The van der Waals surface area contributed by atoms with Gasteiger partial charge in [-0.15, -0.1) is 0 Å². The van der Waals surface area contributed by atoms with Crippen LogP contribution >= 0.6 is 0 Å². The van der Waals surface area contributed by atoms with Crippen LogP contribution in [-0.4, -0.2) is 51.1 Å². The molecular weight excluding hydrogens is 446 g/mol. The Hall–Kier alpha value is -3.11. The monoisotopic (exact) mass is 477 g/mol. The number of hydrogen-bond donors (Lipinski definition) is 2. The first-order chi connectivity index (χ1) is 15.4. The Morgan fingerprint density at radius 1 is 1.00 bits per heavy atom. The highest BCUT2D eigenvalue weighted by molar-refractivity contribution is 7.87. The summed E-state index contributed by atoms with van der Waals surface area (Å²) in [4.78, 5) is 25.3. The zero-order chi connectivity index (χ0) is 24.6. The number of ether oxygens (including phenoxy) is 1. The minimum atomic E-state index is -4.04. The van der Waals surface area contributed by atoms with Crippen molar-refractivity contribution in [1.29, 1.82) is 0 Å². The molecule has 0 atom stereocenters. The van der Waals surface area contributed by atoms with Gasteiger partial charge in [-0.25, -0.2) is 4.79 Å². The largest absolute Gasteiger partial charge is 0.383 e. The van der Waals surface area contributed by atoms with Crippen molar-refractivity contribution in [3.05, 3.63) is 54.1 Å². The summed E-state index contributed by atoms with van der Waals surface area (Å²) in [5.41, 5.74) is 0.910. The van der Waals surface area contributed by atoms with E-state index < -0.39 is 10.1 Å². The lowest BCUT2D eigenvalue weighted by Gasteiger charge is -2.28. The van der Waals surface area contributed by atoms with E-state index in [0.717, 1.165) is 5.56 Å². The van der Waals surface area contributed by atoms with Crippen molar-refractivity contribution in [2.45, 2.75) is 44.7 Å². The van der Waals surface area contributed by atoms with Crippen molar-refractivity contribution in [3.63, 3.8) is 0 Å². The fraction of sp³-hybridized carbons (Fsp3) is 0.391. The van der Waals surface area contributed by atoms with E-state index in [1.54, 1.807) is 24.1 Å². The number of carbonyl (C=O) groups excluding carboxylic acids is 2. The van der Waals surface area contributed by atoms with Crippen molar-refractivity contribution in [2.75, 3.05) is 25.6 Å². The zero-order valence-electron chi connectivity index (χ0n) is 19.5. The van der Waals surface area contributed by atoms with Crippen molar-refractivity contribution in [3.8, 4) is 5.75 Å². The molecule has 3 amide bonds. The molecule has 0 heterocycles. The lowest BCUT2D eigenvalue weighted by atomic mass is 10.1. The van der Waals surface area contributed by atoms with Gasteiger partial charge in [0.15, 0.2) is 0 Å². The van der Waals surface area contributed by atoms with Gasteiger partial charge in [-0.05, 0) is 62.7 Å². The number of benzene rings is 2. The standard InChI is InChI=1S/C23H31N3O6S/c1-17(27)24-19-8-12-21(13-9-19)33(29,30)32-20-10-6-18(7-11-20)16-26(14-15-31-5)22(28)25-23(2,3)4/h6-13H,14-16H2,1-5H3,(H,24,27)(H,25,28). The molecule has 0 aliphatic rings. The average Bonchev–Trinajstić information content (AvgIpc) is 2.70. The molecule has 0 spiro atoms. The maximum atomic E-state index is 12.6. The fourth-order valence-corrected chi connectivity index (χ4v) is 3.74. The quantitative estimate of drug-likeness (QED) is 0.535. The van der Waals surface area contributed by atoms with Crippen molar-refractivity contribution >= 4 is 27.7 Å². The first-order valence-electron chi connectivity index (χ1n) is 10.4. The molecule has 0 radical (unpaired) electrons. The summed E-state index contributed by atoms with van der Waals surface area (Å²) >= 11 is 0. The number of rotatable bonds is 9. The minimum Gasteiger partial charge on any atom is -0.383 e. The van der Waals surface area contributed by atoms with Crippen LogP contribution < -0.4 is 14.8 Å². The van der Waals surface area contributed by atoms with Crippen LogP contribution in [0.1, 0.15) is 33.3 Å². The Labute approximate surface area is 195 Å². The van der Waals surface area contributed by atoms with Gasteiger partial charge in [0, 0.05) is 38.3 Å². The zero-order valence-corrected chi connectivity index (χ0v) is 20.4. The van der Waals surface area contributed by atoms with Gasteiger partial charge in [0.05, 0.1) is 6.61 Å². The minimum absolute atomic E-state index is 0.0368. The summed E-state index contributed by atoms with van der Waals surface area (Å²) < 4.78 is 35.4. The third kappa shape index (κ3) is 8.74. The van der Waals surface area contributed by atoms with Gasteiger partial charge < -0.3 is 24.5 Å². The Morgan fingerprint density at radius 3 is 2.12 bits per heavy atom. The topological polar surface area (TPSA) is 114 Å². The fourth-order valence-electron chi connectivity index (χ4n) is 2.81. The van der Waals surface area contributed by atoms with Crippen LogP contribution in [-0.2, 0) is 26.2 Å². The highest BCUT2D eigenvalue weighted by atomic mass is 32.2. The van der Waals surface area contributed by atoms with Crippen molar-refractivity contribution < 1.29 is 26.9 Å². The second-order valence-electron chi connectivity index (χ2n) is 8.48. The molecule has 9 nitrogen and oxygen atoms in total. The lowest BCUT2D eigenvalue weighted by molar-refractivity contribution is -0.114. The third-order valence-corrected chi connectivity index (χ3v) is 5.56. The van der Waals surface area contributed by atoms with Crippen molar-refractivity contribution in [1.82, 2.24) is 10.2 Å². The Morgan fingerprint density at radius 2 is 1.61 bits per heavy atom. The van der Waals surface area contributed by atoms with E-state index in [2.05, 4.69) is 10.6 Å². The van der Waals surface area contributed by atoms with Gasteiger partial charge in [-0.1, -0.05) is 12.1 Å². The summed E-state index contributed by atoms with van der Waals surface area (Å²) in [5.74, 6) is -0.106. The molecule has 0 unspecified atom stereocenters. The molecule has 0 saturated carbocycles. The molecule has 0 saturated heterocycles. The summed E-state index contributed by atoms with van der Waals surface area (Å²) in [6.07, 6.45) is 0. The summed E-state index contributed by atoms with van der Waals surface area (Å²) in [6.45, 7) is 8.18. The first kappa shape index (κ1) is 26.1. The van der Waals surface area contributed by atoms with E-state index in [4.69, 9.17) is 8.92 Å². The average molecular weight is 478 g/mol. The second kappa shape index (κ2) is 11.2. The van der Waals surface area contributed by atoms with E-state index in [1.807, 2.05) is 20.8 Å². The molecular formula is C23H31N3O6S. The van der Waals surface area contributed by atoms with Gasteiger partial charge >= 0.3 is 16.1 Å². The molecule has 0 aliphatic heterocycles. The van der Waals surface area contributed by atoms with Crippen LogP contribution in [0.4, 0.5) is 10.5 Å². The molecule has 2 aromatic rings. The molecule has 0 fully saturated rings. The number of nitrogens with one attached hydrogen (secondary N) is 2. The normalized spacial score (nSPS) is 11.5. The molecule has 0 aromatic heterocycles. The first-order valence-corrected chi connectivity index (χ1v) is 11.8. The van der Waals surface area contributed by atoms with E-state index in [-0.39, 0.29) is 28.1 Å². The van der Waals surface area contributed by atoms with Gasteiger partial charge in [0.2, 0.25) is 5.91 Å². The molecule has 0 bridgehead atoms. The molecule has 2 rings (SSSR count). The molecule has 2 N–H and O–H groups in total. The molecule has 0 aliphatic carbocycles. The lowest BCUT2D eigenvalue weighted by Crippen LogP contribution is -2.49. The van der Waals surface area contributed by atoms with Crippen LogP contribution in [0, 0.1) is 0 Å². The molecule has 2 aromatic carbocycles. The number of anilines is 1. The second-order valence-corrected chi connectivity index (χ2v) is 10.0. The van der Waals surface area contributed by atoms with Gasteiger partial charge in [-0.2, -0.15) is 8.42 Å². The summed E-state index contributed by atoms with van der Waals surface area (Å²) in [5, 5.41) is 5.50. The Kier molecular flexibility index (Phi) is 8.84. The maximum absolute atomic E-state index is 12.6. The Balaban J connectivity index is 2.08. The van der Waals surface area contributed by atoms with Crippen molar-refractivity contribution in [2.24, 2.45) is 0 Å². The van der Waals surface area contributed by atoms with Gasteiger partial charge in [0.25, 0.3) is 0 Å². The third-order valence-electron chi connectivity index (χ3n) is 4.30. The SMILES string of the molecule is COCCN(Cc1ccc(OS(=O)(=O)c2ccc(NC(C)=O)cc2)cc1)C(=O)NC(C)(C)C. The van der Waals surface area contributed by atoms with Gasteiger partial charge in [0.1, 0.15) is 10.6 Å². The number of urea groups is 1. The predicted octanol–water partition coefficient (Wildman–Crippen LogP) is 3.37. The highest BCUT2D eigenvalue weighted by Gasteiger charge is 2.20. The number of carbonyl (C=O) groups is 2. The van der Waals surface area contributed by atoms with E-state index in [9.17, 15) is 18.0 Å². The van der Waals surface area contributed by atoms with E-state index in [1.165, 1.54) is 43.3 Å². The number of methoxy groups -OCH3 is 1. The van der Waals surface area contributed by atoms with Gasteiger partial charge in [-0.3, -0.25) is 4.79 Å². The summed E-state index contributed by atoms with van der Waals surface area (Å²) in [7, 11) is -2.47. The Bertz CT molecular complexity index is 1050. The van der Waals surface area contributed by atoms with E-state index in [0.29, 0.717) is 25.4 Å². The van der Waals surface area contributed by atoms with E-state index >= 15 is 0 Å².